The molecule has 0 atom stereocenters. The molecule has 0 bridgehead atoms. The van der Waals surface area contributed by atoms with Crippen molar-refractivity contribution in [3.8, 4) is 11.4 Å². The van der Waals surface area contributed by atoms with Crippen LogP contribution in [0, 0.1) is 0 Å². The normalized spacial score (nSPS) is 12.3. The average Bonchev–Trinajstić information content (AvgIpc) is 4.14. The van der Waals surface area contributed by atoms with Crippen LogP contribution in [0.2, 0.25) is 0 Å². The molecule has 304 valence electrons. The fourth-order valence-electron chi connectivity index (χ4n) is 10.9. The van der Waals surface area contributed by atoms with Gasteiger partial charge in [-0.15, -0.1) is 22.7 Å². The van der Waals surface area contributed by atoms with E-state index in [1.165, 1.54) is 72.5 Å². The Balaban J connectivity index is 1.10. The van der Waals surface area contributed by atoms with Crippen LogP contribution in [0.15, 0.2) is 219 Å². The van der Waals surface area contributed by atoms with E-state index in [0.29, 0.717) is 0 Å². The van der Waals surface area contributed by atoms with Gasteiger partial charge >= 0.3 is 0 Å². The highest BCUT2D eigenvalue weighted by Gasteiger charge is 2.44. The van der Waals surface area contributed by atoms with Gasteiger partial charge in [-0.3, -0.25) is 9.97 Å². The van der Waals surface area contributed by atoms with Gasteiger partial charge in [0.1, 0.15) is 0 Å². The number of thiophene rings is 2. The summed E-state index contributed by atoms with van der Waals surface area (Å²) in [4.78, 5) is 9.79. The zero-order valence-corrected chi connectivity index (χ0v) is 37.5. The largest absolute Gasteiger partial charge is 0.306 e. The van der Waals surface area contributed by atoms with E-state index in [0.717, 1.165) is 43.9 Å². The van der Waals surface area contributed by atoms with Crippen LogP contribution in [-0.2, 0) is 0 Å². The summed E-state index contributed by atoms with van der Waals surface area (Å²) in [6.45, 7) is 0. The van der Waals surface area contributed by atoms with Crippen molar-refractivity contribution in [2.75, 3.05) is 0 Å². The zero-order valence-electron chi connectivity index (χ0n) is 34.9. The molecule has 4 nitrogen and oxygen atoms in total. The Morgan fingerprint density at radius 2 is 0.677 bits per heavy atom. The lowest BCUT2D eigenvalue weighted by atomic mass is 10.1. The molecule has 0 spiro atoms. The molecule has 14 aromatic rings. The van der Waals surface area contributed by atoms with Crippen LogP contribution < -0.4 is 20.7 Å². The van der Waals surface area contributed by atoms with Crippen molar-refractivity contribution in [2.24, 2.45) is 0 Å². The van der Waals surface area contributed by atoms with E-state index in [-0.39, 0.29) is 0 Å². The van der Waals surface area contributed by atoms with Gasteiger partial charge in [0.2, 0.25) is 0 Å². The lowest BCUT2D eigenvalue weighted by Crippen LogP contribution is -2.74. The Labute approximate surface area is 382 Å². The number of aromatic nitrogens is 4. The van der Waals surface area contributed by atoms with E-state index in [1.807, 2.05) is 35.1 Å². The number of hydrogen-bond acceptors (Lipinski definition) is 4. The van der Waals surface area contributed by atoms with Crippen LogP contribution in [0.5, 0.6) is 0 Å². The summed E-state index contributed by atoms with van der Waals surface area (Å²) in [5.41, 5.74) is 8.97. The molecular weight excluding hydrogens is 845 g/mol. The topological polar surface area (TPSA) is 35.6 Å². The molecule has 6 aromatic heterocycles. The standard InChI is InChI=1S/C58H36N4S2Si/c1-3-17-37(18-4-1)65(38-19-5-2-6-20-38,51-33-13-25-41-39-23-11-29-49(55(39)63-57(41)51)61-45-27-9-7-21-43(45)53-47(61)31-15-35-59-53)52-34-14-26-42-40-24-12-30-50(56(40)64-58(42)52)62-46-28-10-8-22-44(46)54-48(62)32-16-36-60-54/h1-36H. The van der Waals surface area contributed by atoms with E-state index in [1.54, 1.807) is 0 Å². The van der Waals surface area contributed by atoms with Crippen molar-refractivity contribution < 1.29 is 0 Å². The maximum Gasteiger partial charge on any atom is 0.182 e. The second-order valence-corrected chi connectivity index (χ2v) is 22.6. The highest BCUT2D eigenvalue weighted by atomic mass is 32.1. The molecule has 0 unspecified atom stereocenters. The van der Waals surface area contributed by atoms with Gasteiger partial charge in [0.25, 0.3) is 0 Å². The molecule has 6 heterocycles. The van der Waals surface area contributed by atoms with Gasteiger partial charge in [0.05, 0.1) is 53.9 Å². The Morgan fingerprint density at radius 3 is 1.14 bits per heavy atom. The van der Waals surface area contributed by atoms with Gasteiger partial charge in [-0.25, -0.2) is 0 Å². The molecule has 0 amide bonds. The first-order valence-corrected chi connectivity index (χ1v) is 25.6. The van der Waals surface area contributed by atoms with Gasteiger partial charge < -0.3 is 9.13 Å². The Morgan fingerprint density at radius 1 is 0.308 bits per heavy atom. The molecule has 0 aliphatic rings. The zero-order chi connectivity index (χ0) is 42.6. The highest BCUT2D eigenvalue weighted by molar-refractivity contribution is 7.34. The molecule has 0 radical (unpaired) electrons. The minimum atomic E-state index is -3.11. The van der Waals surface area contributed by atoms with Crippen LogP contribution in [-0.4, -0.2) is 27.2 Å². The van der Waals surface area contributed by atoms with Crippen molar-refractivity contribution in [1.82, 2.24) is 19.1 Å². The Bertz CT molecular complexity index is 3820. The van der Waals surface area contributed by atoms with Crippen LogP contribution >= 0.6 is 22.7 Å². The van der Waals surface area contributed by atoms with E-state index < -0.39 is 8.07 Å². The summed E-state index contributed by atoms with van der Waals surface area (Å²) in [5, 5.41) is 13.0. The fraction of sp³-hybridized carbons (Fsp3) is 0. The molecule has 0 fully saturated rings. The number of pyridine rings is 2. The molecule has 0 N–H and O–H groups in total. The van der Waals surface area contributed by atoms with Crippen LogP contribution in [0.25, 0.3) is 95.6 Å². The van der Waals surface area contributed by atoms with Crippen LogP contribution in [0.3, 0.4) is 0 Å². The van der Waals surface area contributed by atoms with Gasteiger partial charge in [0.15, 0.2) is 8.07 Å². The molecule has 0 saturated carbocycles. The van der Waals surface area contributed by atoms with Crippen molar-refractivity contribution in [3.63, 3.8) is 0 Å². The Kier molecular flexibility index (Phi) is 8.01. The van der Waals surface area contributed by atoms with Crippen LogP contribution in [0.1, 0.15) is 0 Å². The minimum absolute atomic E-state index is 1.02. The van der Waals surface area contributed by atoms with Crippen LogP contribution in [0.4, 0.5) is 0 Å². The van der Waals surface area contributed by atoms with Gasteiger partial charge in [-0.2, -0.15) is 0 Å². The van der Waals surface area contributed by atoms with Gasteiger partial charge in [-0.1, -0.05) is 158 Å². The van der Waals surface area contributed by atoms with E-state index in [2.05, 4.69) is 215 Å². The predicted octanol–water partition coefficient (Wildman–Crippen LogP) is 12.8. The summed E-state index contributed by atoms with van der Waals surface area (Å²) in [6.07, 6.45) is 3.81. The number of nitrogens with zero attached hydrogens (tertiary/aromatic N) is 4. The summed E-state index contributed by atoms with van der Waals surface area (Å²) in [7, 11) is -3.11. The smallest absolute Gasteiger partial charge is 0.182 e. The molecule has 7 heteroatoms. The third-order valence-electron chi connectivity index (χ3n) is 13.6. The number of para-hydroxylation sites is 2. The first kappa shape index (κ1) is 36.8. The predicted molar refractivity (Wildman–Crippen MR) is 280 cm³/mol. The van der Waals surface area contributed by atoms with Gasteiger partial charge in [-0.05, 0) is 69.3 Å². The van der Waals surface area contributed by atoms with Crippen molar-refractivity contribution in [3.05, 3.63) is 219 Å². The molecule has 0 saturated heterocycles. The fourth-order valence-corrected chi connectivity index (χ4v) is 19.5. The minimum Gasteiger partial charge on any atom is -0.306 e. The third-order valence-corrected chi connectivity index (χ3v) is 21.3. The Hall–Kier alpha value is -7.68. The van der Waals surface area contributed by atoms with Crippen molar-refractivity contribution in [2.45, 2.75) is 0 Å². The van der Waals surface area contributed by atoms with E-state index in [9.17, 15) is 0 Å². The molecule has 8 aromatic carbocycles. The number of hydrogen-bond donors (Lipinski definition) is 0. The summed E-state index contributed by atoms with van der Waals surface area (Å²) in [5.74, 6) is 0. The lowest BCUT2D eigenvalue weighted by molar-refractivity contribution is 1.20. The maximum absolute atomic E-state index is 4.90. The highest BCUT2D eigenvalue weighted by Crippen LogP contribution is 2.43. The quantitative estimate of drug-likeness (QED) is 0.123. The summed E-state index contributed by atoms with van der Waals surface area (Å²) < 4.78 is 10.1. The summed E-state index contributed by atoms with van der Waals surface area (Å²) >= 11 is 3.88. The molecule has 14 rings (SSSR count). The van der Waals surface area contributed by atoms with Crippen molar-refractivity contribution >= 4 is 136 Å². The first-order chi connectivity index (χ1) is 32.3. The SMILES string of the molecule is c1ccc([Si](c2ccccc2)(c2cccc3c2sc2c(-n4c5ccccc5c5ncccc54)cccc23)c2cccc3c2sc2c(-n4c5ccccc5c5ncccc54)cccc23)cc1. The molecular formula is C58H36N4S2Si. The molecule has 0 aliphatic heterocycles. The first-order valence-electron chi connectivity index (χ1n) is 22.0. The second-order valence-electron chi connectivity index (χ2n) is 16.8. The molecule has 65 heavy (non-hydrogen) atoms. The van der Waals surface area contributed by atoms with E-state index in [4.69, 9.17) is 9.97 Å². The number of fused-ring (bicyclic) bond motifs is 12. The third kappa shape index (κ3) is 5.11. The van der Waals surface area contributed by atoms with Crippen molar-refractivity contribution in [1.29, 1.82) is 0 Å². The van der Waals surface area contributed by atoms with Gasteiger partial charge in [0, 0.05) is 54.1 Å². The average molecular weight is 881 g/mol. The monoisotopic (exact) mass is 880 g/mol. The number of benzene rings is 8. The second kappa shape index (κ2) is 14.2. The molecule has 0 aliphatic carbocycles. The number of rotatable bonds is 6. The maximum atomic E-state index is 4.90. The van der Waals surface area contributed by atoms with E-state index >= 15 is 0 Å². The summed E-state index contributed by atoms with van der Waals surface area (Å²) in [6, 6.07) is 76.6. The lowest BCUT2D eigenvalue weighted by Gasteiger charge is -2.35.